The van der Waals surface area contributed by atoms with E-state index >= 15 is 0 Å². The van der Waals surface area contributed by atoms with Crippen molar-refractivity contribution in [3.8, 4) is 0 Å². The van der Waals surface area contributed by atoms with Crippen molar-refractivity contribution < 1.29 is 9.59 Å². The highest BCUT2D eigenvalue weighted by atomic mass is 16.1. The minimum absolute atomic E-state index is 0.00270. The van der Waals surface area contributed by atoms with Crippen molar-refractivity contribution in [3.05, 3.63) is 69.8 Å². The third-order valence-corrected chi connectivity index (χ3v) is 11.5. The summed E-state index contributed by atoms with van der Waals surface area (Å²) in [6.45, 7) is 27.7. The average molecular weight is 573 g/mol. The lowest BCUT2D eigenvalue weighted by Gasteiger charge is -2.35. The van der Waals surface area contributed by atoms with Gasteiger partial charge >= 0.3 is 0 Å². The Morgan fingerprint density at radius 1 is 0.571 bits per heavy atom. The van der Waals surface area contributed by atoms with Crippen LogP contribution in [-0.4, -0.2) is 11.6 Å². The predicted molar refractivity (Wildman–Crippen MR) is 180 cm³/mol. The molecule has 0 N–H and O–H groups in total. The maximum Gasteiger partial charge on any atom is 0.194 e. The molecule has 0 fully saturated rings. The van der Waals surface area contributed by atoms with Gasteiger partial charge in [0, 0.05) is 22.3 Å². The topological polar surface area (TPSA) is 34.1 Å². The number of rotatable bonds is 12. The number of ketones is 2. The van der Waals surface area contributed by atoms with Crippen molar-refractivity contribution in [2.24, 2.45) is 22.7 Å². The quantitative estimate of drug-likeness (QED) is 0.216. The monoisotopic (exact) mass is 572 g/mol. The normalized spacial score (nSPS) is 15.8. The summed E-state index contributed by atoms with van der Waals surface area (Å²) in [5, 5.41) is 0. The summed E-state index contributed by atoms with van der Waals surface area (Å²) in [6, 6.07) is 12.1. The molecule has 0 spiro atoms. The fourth-order valence-electron chi connectivity index (χ4n) is 6.66. The van der Waals surface area contributed by atoms with Gasteiger partial charge in [-0.3, -0.25) is 9.59 Å². The van der Waals surface area contributed by atoms with E-state index in [1.807, 2.05) is 18.2 Å². The van der Waals surface area contributed by atoms with Gasteiger partial charge in [0.05, 0.1) is 0 Å². The van der Waals surface area contributed by atoms with Crippen LogP contribution in [0.4, 0.5) is 0 Å². The minimum atomic E-state index is -0.0676. The van der Waals surface area contributed by atoms with E-state index in [0.29, 0.717) is 44.9 Å². The average Bonchev–Trinajstić information content (AvgIpc) is 2.92. The fraction of sp³-hybridized carbons (Fsp3) is 0.650. The Kier molecular flexibility index (Phi) is 10.4. The van der Waals surface area contributed by atoms with Crippen LogP contribution < -0.4 is 0 Å². The molecule has 0 aromatic heterocycles. The van der Waals surface area contributed by atoms with Crippen molar-refractivity contribution in [1.29, 1.82) is 0 Å². The van der Waals surface area contributed by atoms with E-state index in [0.717, 1.165) is 37.7 Å². The lowest BCUT2D eigenvalue weighted by Crippen LogP contribution is -2.28. The molecule has 0 aliphatic heterocycles. The van der Waals surface area contributed by atoms with Gasteiger partial charge in [0.15, 0.2) is 11.6 Å². The van der Waals surface area contributed by atoms with Gasteiger partial charge in [-0.1, -0.05) is 121 Å². The fourth-order valence-corrected chi connectivity index (χ4v) is 6.66. The number of carbonyl (C=O) groups is 2. The molecular weight excluding hydrogens is 512 g/mol. The molecule has 232 valence electrons. The van der Waals surface area contributed by atoms with Crippen LogP contribution in [0.1, 0.15) is 177 Å². The van der Waals surface area contributed by atoms with Gasteiger partial charge in [-0.2, -0.15) is 0 Å². The first kappa shape index (κ1) is 34.3. The summed E-state index contributed by atoms with van der Waals surface area (Å²) in [4.78, 5) is 27.7. The highest BCUT2D eigenvalue weighted by Crippen LogP contribution is 2.41. The molecular formula is C40H60O2. The van der Waals surface area contributed by atoms with Gasteiger partial charge in [-0.05, 0) is 94.6 Å². The number of hydrogen-bond acceptors (Lipinski definition) is 2. The zero-order valence-corrected chi connectivity index (χ0v) is 29.1. The maximum absolute atomic E-state index is 14.1. The summed E-state index contributed by atoms with van der Waals surface area (Å²) in [5.41, 5.74) is 5.21. The Bertz CT molecular complexity index is 1260. The summed E-state index contributed by atoms with van der Waals surface area (Å²) >= 11 is 0. The predicted octanol–water partition coefficient (Wildman–Crippen LogP) is 11.5. The molecule has 0 saturated carbocycles. The first-order valence-corrected chi connectivity index (χ1v) is 16.8. The number of fused-ring (bicyclic) bond motifs is 2. The van der Waals surface area contributed by atoms with Crippen LogP contribution in [0.3, 0.4) is 0 Å². The molecule has 2 aromatic carbocycles. The van der Waals surface area contributed by atoms with Crippen LogP contribution in [0.15, 0.2) is 36.4 Å². The zero-order chi connectivity index (χ0) is 31.7. The third-order valence-electron chi connectivity index (χ3n) is 11.5. The van der Waals surface area contributed by atoms with Crippen LogP contribution in [0.5, 0.6) is 0 Å². The Hall–Kier alpha value is -2.22. The van der Waals surface area contributed by atoms with Crippen molar-refractivity contribution in [1.82, 2.24) is 0 Å². The van der Waals surface area contributed by atoms with E-state index in [9.17, 15) is 9.59 Å². The van der Waals surface area contributed by atoms with E-state index in [-0.39, 0.29) is 22.4 Å². The van der Waals surface area contributed by atoms with Crippen molar-refractivity contribution in [2.45, 2.75) is 145 Å². The van der Waals surface area contributed by atoms with E-state index in [1.165, 1.54) is 24.8 Å². The zero-order valence-electron chi connectivity index (χ0n) is 29.1. The molecule has 1 aliphatic rings. The van der Waals surface area contributed by atoms with E-state index in [2.05, 4.69) is 101 Å². The standard InChI is InChI=1S/C40H60O2/c1-13-40(14-2,24-16-18-28(4)38(8,9)10)30-20-22-32-34(26-30)36(42)33-25-29(19-21-31(33)35(32)41)39(11,12)23-15-17-27(3)37(5,6)7/h19-22,25-28H,13-18,23-24H2,1-12H3. The van der Waals surface area contributed by atoms with E-state index in [1.54, 1.807) is 0 Å². The molecule has 3 rings (SSSR count). The first-order chi connectivity index (χ1) is 19.4. The van der Waals surface area contributed by atoms with E-state index in [4.69, 9.17) is 0 Å². The highest BCUT2D eigenvalue weighted by Gasteiger charge is 2.35. The highest BCUT2D eigenvalue weighted by molar-refractivity contribution is 6.28. The Balaban J connectivity index is 1.88. The van der Waals surface area contributed by atoms with Crippen LogP contribution in [0.2, 0.25) is 0 Å². The smallest absolute Gasteiger partial charge is 0.194 e. The molecule has 1 aliphatic carbocycles. The maximum atomic E-state index is 14.1. The lowest BCUT2D eigenvalue weighted by molar-refractivity contribution is 0.0978. The first-order valence-electron chi connectivity index (χ1n) is 16.8. The molecule has 0 amide bonds. The molecule has 2 aromatic rings. The summed E-state index contributed by atoms with van der Waals surface area (Å²) in [6.07, 6.45) is 8.91. The van der Waals surface area contributed by atoms with Gasteiger partial charge in [0.25, 0.3) is 0 Å². The number of carbonyl (C=O) groups excluding carboxylic acids is 2. The van der Waals surface area contributed by atoms with Gasteiger partial charge in [-0.15, -0.1) is 0 Å². The van der Waals surface area contributed by atoms with Crippen LogP contribution in [-0.2, 0) is 10.8 Å². The van der Waals surface area contributed by atoms with Crippen LogP contribution >= 0.6 is 0 Å². The molecule has 2 heteroatoms. The molecule has 0 bridgehead atoms. The third kappa shape index (κ3) is 7.28. The van der Waals surface area contributed by atoms with Crippen LogP contribution in [0.25, 0.3) is 0 Å². The second kappa shape index (κ2) is 12.8. The summed E-state index contributed by atoms with van der Waals surface area (Å²) < 4.78 is 0. The van der Waals surface area contributed by atoms with Gasteiger partial charge < -0.3 is 0 Å². The molecule has 2 unspecified atom stereocenters. The number of benzene rings is 2. The summed E-state index contributed by atoms with van der Waals surface area (Å²) in [7, 11) is 0. The Labute approximate surface area is 258 Å². The largest absolute Gasteiger partial charge is 0.289 e. The molecule has 0 radical (unpaired) electrons. The van der Waals surface area contributed by atoms with Crippen molar-refractivity contribution in [3.63, 3.8) is 0 Å². The Morgan fingerprint density at radius 3 is 1.43 bits per heavy atom. The van der Waals surface area contributed by atoms with Gasteiger partial charge in [0.2, 0.25) is 0 Å². The second-order valence-corrected chi connectivity index (χ2v) is 16.4. The van der Waals surface area contributed by atoms with E-state index < -0.39 is 0 Å². The Morgan fingerprint density at radius 2 is 0.976 bits per heavy atom. The van der Waals surface area contributed by atoms with Crippen molar-refractivity contribution in [2.75, 3.05) is 0 Å². The molecule has 2 nitrogen and oxygen atoms in total. The van der Waals surface area contributed by atoms with Crippen molar-refractivity contribution >= 4 is 11.6 Å². The molecule has 2 atom stereocenters. The lowest BCUT2D eigenvalue weighted by atomic mass is 9.69. The second-order valence-electron chi connectivity index (χ2n) is 16.4. The summed E-state index contributed by atoms with van der Waals surface area (Å²) in [5.74, 6) is 1.29. The molecule has 0 heterocycles. The molecule has 42 heavy (non-hydrogen) atoms. The van der Waals surface area contributed by atoms with Gasteiger partial charge in [0.1, 0.15) is 0 Å². The number of hydrogen-bond donors (Lipinski definition) is 0. The minimum Gasteiger partial charge on any atom is -0.289 e. The van der Waals surface area contributed by atoms with Gasteiger partial charge in [-0.25, -0.2) is 0 Å². The molecule has 0 saturated heterocycles. The van der Waals surface area contributed by atoms with Crippen LogP contribution in [0, 0.1) is 22.7 Å². The SMILES string of the molecule is CCC(CC)(CCCC(C)C(C)(C)C)c1ccc2c(c1)C(=O)c1cc(C(C)(C)CCCC(C)C(C)(C)C)ccc1C2=O.